The molecule has 13 heavy (non-hydrogen) atoms. The zero-order valence-corrected chi connectivity index (χ0v) is 8.21. The SMILES string of the molecule is CC(C)(C)OC(=O)N1C[CH][C@@H](F)C1. The third-order valence-corrected chi connectivity index (χ3v) is 1.63. The summed E-state index contributed by atoms with van der Waals surface area (Å²) in [5, 5.41) is 0. The Morgan fingerprint density at radius 1 is 1.62 bits per heavy atom. The van der Waals surface area contributed by atoms with Crippen LogP contribution in [0.1, 0.15) is 20.8 Å². The van der Waals surface area contributed by atoms with Crippen molar-refractivity contribution < 1.29 is 13.9 Å². The van der Waals surface area contributed by atoms with Crippen LogP contribution in [0.5, 0.6) is 0 Å². The molecule has 1 heterocycles. The first-order chi connectivity index (χ1) is 5.88. The summed E-state index contributed by atoms with van der Waals surface area (Å²) in [6.45, 7) is 5.83. The van der Waals surface area contributed by atoms with Crippen LogP contribution < -0.4 is 0 Å². The normalized spacial score (nSPS) is 23.4. The topological polar surface area (TPSA) is 29.5 Å². The predicted octanol–water partition coefficient (Wildman–Crippen LogP) is 1.78. The minimum absolute atomic E-state index is 0.120. The van der Waals surface area contributed by atoms with E-state index in [9.17, 15) is 9.18 Å². The van der Waals surface area contributed by atoms with Crippen molar-refractivity contribution in [2.75, 3.05) is 13.1 Å². The average molecular weight is 188 g/mol. The van der Waals surface area contributed by atoms with Gasteiger partial charge in [-0.3, -0.25) is 0 Å². The summed E-state index contributed by atoms with van der Waals surface area (Å²) in [4.78, 5) is 12.7. The van der Waals surface area contributed by atoms with Crippen molar-refractivity contribution in [2.45, 2.75) is 32.5 Å². The van der Waals surface area contributed by atoms with Crippen LogP contribution in [0.15, 0.2) is 0 Å². The van der Waals surface area contributed by atoms with Crippen LogP contribution in [0.2, 0.25) is 0 Å². The average Bonchev–Trinajstić information content (AvgIpc) is 2.31. The van der Waals surface area contributed by atoms with Crippen molar-refractivity contribution in [1.82, 2.24) is 4.90 Å². The highest BCUT2D eigenvalue weighted by Gasteiger charge is 2.29. The highest BCUT2D eigenvalue weighted by molar-refractivity contribution is 5.68. The molecule has 0 aromatic heterocycles. The van der Waals surface area contributed by atoms with E-state index in [-0.39, 0.29) is 6.54 Å². The van der Waals surface area contributed by atoms with Gasteiger partial charge in [0.05, 0.1) is 6.54 Å². The Kier molecular flexibility index (Phi) is 2.78. The van der Waals surface area contributed by atoms with Gasteiger partial charge < -0.3 is 9.64 Å². The zero-order chi connectivity index (χ0) is 10.1. The Balaban J connectivity index is 2.41. The molecule has 0 N–H and O–H groups in total. The van der Waals surface area contributed by atoms with Gasteiger partial charge in [0.1, 0.15) is 11.8 Å². The van der Waals surface area contributed by atoms with Crippen molar-refractivity contribution in [3.05, 3.63) is 6.42 Å². The van der Waals surface area contributed by atoms with Gasteiger partial charge in [0.25, 0.3) is 0 Å². The quantitative estimate of drug-likeness (QED) is 0.580. The number of amides is 1. The molecule has 0 unspecified atom stereocenters. The standard InChI is InChI=1S/C9H15FNO2/c1-9(2,3)13-8(12)11-5-4-7(10)6-11/h4,7H,5-6H2,1-3H3/t7-/m1/s1. The van der Waals surface area contributed by atoms with E-state index in [0.29, 0.717) is 6.54 Å². The van der Waals surface area contributed by atoms with Crippen LogP contribution in [-0.2, 0) is 4.74 Å². The number of hydrogen-bond donors (Lipinski definition) is 0. The van der Waals surface area contributed by atoms with Crippen LogP contribution in [0, 0.1) is 6.42 Å². The molecule has 1 aliphatic rings. The molecule has 4 heteroatoms. The van der Waals surface area contributed by atoms with E-state index >= 15 is 0 Å². The molecule has 1 saturated heterocycles. The fourth-order valence-electron chi connectivity index (χ4n) is 1.08. The van der Waals surface area contributed by atoms with Crippen molar-refractivity contribution >= 4 is 6.09 Å². The van der Waals surface area contributed by atoms with Gasteiger partial charge in [-0.25, -0.2) is 9.18 Å². The number of carbonyl (C=O) groups excluding carboxylic acids is 1. The number of halogens is 1. The maximum atomic E-state index is 12.7. The lowest BCUT2D eigenvalue weighted by atomic mass is 10.2. The highest BCUT2D eigenvalue weighted by Crippen LogP contribution is 2.15. The highest BCUT2D eigenvalue weighted by atomic mass is 19.1. The van der Waals surface area contributed by atoms with Crippen molar-refractivity contribution in [3.8, 4) is 0 Å². The van der Waals surface area contributed by atoms with Gasteiger partial charge in [-0.15, -0.1) is 0 Å². The molecule has 0 aromatic rings. The molecule has 0 aliphatic carbocycles. The monoisotopic (exact) mass is 188 g/mol. The van der Waals surface area contributed by atoms with Crippen LogP contribution in [-0.4, -0.2) is 35.9 Å². The molecule has 0 bridgehead atoms. The van der Waals surface area contributed by atoms with Crippen LogP contribution >= 0.6 is 0 Å². The summed E-state index contributed by atoms with van der Waals surface area (Å²) < 4.78 is 17.7. The molecule has 1 atom stereocenters. The molecule has 1 fully saturated rings. The third-order valence-electron chi connectivity index (χ3n) is 1.63. The minimum atomic E-state index is -1.01. The molecule has 0 saturated carbocycles. The fourth-order valence-corrected chi connectivity index (χ4v) is 1.08. The Morgan fingerprint density at radius 3 is 2.62 bits per heavy atom. The minimum Gasteiger partial charge on any atom is -0.444 e. The number of nitrogens with zero attached hydrogens (tertiary/aromatic N) is 1. The number of carbonyl (C=O) groups is 1. The maximum Gasteiger partial charge on any atom is 0.410 e. The van der Waals surface area contributed by atoms with Crippen LogP contribution in [0.4, 0.5) is 9.18 Å². The summed E-state index contributed by atoms with van der Waals surface area (Å²) in [6, 6.07) is 0. The zero-order valence-electron chi connectivity index (χ0n) is 8.21. The molecule has 1 rings (SSSR count). The van der Waals surface area contributed by atoms with Gasteiger partial charge in [-0.2, -0.15) is 0 Å². The van der Waals surface area contributed by atoms with Crippen molar-refractivity contribution in [2.24, 2.45) is 0 Å². The van der Waals surface area contributed by atoms with Gasteiger partial charge in [-0.05, 0) is 20.8 Å². The van der Waals surface area contributed by atoms with E-state index in [2.05, 4.69) is 0 Å². The van der Waals surface area contributed by atoms with E-state index in [1.807, 2.05) is 0 Å². The molecular formula is C9H15FNO2. The second kappa shape index (κ2) is 3.52. The Hall–Kier alpha value is -0.800. The molecule has 3 nitrogen and oxygen atoms in total. The molecule has 0 aromatic carbocycles. The summed E-state index contributed by atoms with van der Waals surface area (Å²) in [7, 11) is 0. The maximum absolute atomic E-state index is 12.7. The molecule has 1 radical (unpaired) electrons. The van der Waals surface area contributed by atoms with Crippen molar-refractivity contribution in [1.29, 1.82) is 0 Å². The summed E-state index contributed by atoms with van der Waals surface area (Å²) >= 11 is 0. The number of likely N-dealkylation sites (tertiary alicyclic amines) is 1. The van der Waals surface area contributed by atoms with Gasteiger partial charge in [0, 0.05) is 13.0 Å². The summed E-state index contributed by atoms with van der Waals surface area (Å²) in [6.07, 6.45) is 0.0145. The van der Waals surface area contributed by atoms with Crippen LogP contribution in [0.3, 0.4) is 0 Å². The Bertz CT molecular complexity index is 200. The van der Waals surface area contributed by atoms with Crippen molar-refractivity contribution in [3.63, 3.8) is 0 Å². The lowest BCUT2D eigenvalue weighted by Crippen LogP contribution is -2.35. The molecule has 1 amide bonds. The first kappa shape index (κ1) is 10.3. The second-order valence-corrected chi connectivity index (χ2v) is 4.14. The molecule has 75 valence electrons. The molecule has 0 spiro atoms. The van der Waals surface area contributed by atoms with Crippen LogP contribution in [0.25, 0.3) is 0 Å². The van der Waals surface area contributed by atoms with Gasteiger partial charge >= 0.3 is 6.09 Å². The molecular weight excluding hydrogens is 173 g/mol. The predicted molar refractivity (Wildman–Crippen MR) is 47.0 cm³/mol. The lowest BCUT2D eigenvalue weighted by molar-refractivity contribution is 0.0286. The first-order valence-corrected chi connectivity index (χ1v) is 4.34. The van der Waals surface area contributed by atoms with Gasteiger partial charge in [0.15, 0.2) is 0 Å². The van der Waals surface area contributed by atoms with E-state index < -0.39 is 17.9 Å². The molecule has 1 aliphatic heterocycles. The van der Waals surface area contributed by atoms with Gasteiger partial charge in [-0.1, -0.05) is 0 Å². The fraction of sp³-hybridized carbons (Fsp3) is 0.778. The smallest absolute Gasteiger partial charge is 0.410 e. The largest absolute Gasteiger partial charge is 0.444 e. The van der Waals surface area contributed by atoms with E-state index in [0.717, 1.165) is 0 Å². The van der Waals surface area contributed by atoms with Gasteiger partial charge in [0.2, 0.25) is 0 Å². The number of hydrogen-bond acceptors (Lipinski definition) is 2. The Labute approximate surface area is 77.9 Å². The Morgan fingerprint density at radius 2 is 2.23 bits per heavy atom. The first-order valence-electron chi connectivity index (χ1n) is 4.34. The van der Waals surface area contributed by atoms with E-state index in [1.54, 1.807) is 20.8 Å². The summed E-state index contributed by atoms with van der Waals surface area (Å²) in [5.74, 6) is 0. The van der Waals surface area contributed by atoms with E-state index in [4.69, 9.17) is 4.74 Å². The second-order valence-electron chi connectivity index (χ2n) is 4.14. The summed E-state index contributed by atoms with van der Waals surface area (Å²) in [5.41, 5.74) is -0.508. The van der Waals surface area contributed by atoms with E-state index in [1.165, 1.54) is 11.3 Å². The number of alkyl halides is 1. The number of ether oxygens (including phenoxy) is 1. The third kappa shape index (κ3) is 3.20. The number of rotatable bonds is 0. The lowest BCUT2D eigenvalue weighted by Gasteiger charge is -2.23.